The van der Waals surface area contributed by atoms with Gasteiger partial charge in [0.2, 0.25) is 0 Å². The molecular weight excluding hydrogens is 202 g/mol. The van der Waals surface area contributed by atoms with Gasteiger partial charge in [-0.05, 0) is 32.2 Å². The average Bonchev–Trinajstić information content (AvgIpc) is 2.61. The number of hydrogen-bond donors (Lipinski definition) is 1. The van der Waals surface area contributed by atoms with Crippen LogP contribution in [0.5, 0.6) is 0 Å². The molecule has 16 heavy (non-hydrogen) atoms. The molecule has 0 spiro atoms. The summed E-state index contributed by atoms with van der Waals surface area (Å²) < 4.78 is 0. The summed E-state index contributed by atoms with van der Waals surface area (Å²) in [6.45, 7) is 1.60. The van der Waals surface area contributed by atoms with E-state index in [9.17, 15) is 4.79 Å². The van der Waals surface area contributed by atoms with Gasteiger partial charge < -0.3 is 10.0 Å². The second-order valence-corrected chi connectivity index (χ2v) is 4.89. The van der Waals surface area contributed by atoms with E-state index >= 15 is 0 Å². The lowest BCUT2D eigenvalue weighted by Crippen LogP contribution is -2.22. The molecule has 1 aliphatic heterocycles. The zero-order valence-corrected chi connectivity index (χ0v) is 9.72. The zero-order valence-electron chi connectivity index (χ0n) is 9.72. The number of nitrogens with zero attached hydrogens (tertiary/aromatic N) is 1. The number of hydrogen-bond acceptors (Lipinski definition) is 2. The number of carboxylic acid groups (broad SMARTS) is 1. The average molecular weight is 221 g/mol. The van der Waals surface area contributed by atoms with E-state index in [1.54, 1.807) is 0 Å². The minimum Gasteiger partial charge on any atom is -0.481 e. The molecule has 0 aromatic carbocycles. The highest BCUT2D eigenvalue weighted by atomic mass is 16.4. The van der Waals surface area contributed by atoms with Crippen LogP contribution in [0.15, 0.2) is 23.8 Å². The van der Waals surface area contributed by atoms with Gasteiger partial charge in [0.05, 0.1) is 5.92 Å². The van der Waals surface area contributed by atoms with E-state index in [0.717, 1.165) is 25.8 Å². The molecule has 3 heteroatoms. The molecule has 2 rings (SSSR count). The molecule has 0 aromatic rings. The van der Waals surface area contributed by atoms with Crippen LogP contribution in [0.2, 0.25) is 0 Å². The van der Waals surface area contributed by atoms with Crippen LogP contribution in [0, 0.1) is 11.8 Å². The van der Waals surface area contributed by atoms with Crippen molar-refractivity contribution < 1.29 is 9.90 Å². The predicted molar refractivity (Wildman–Crippen MR) is 63.2 cm³/mol. The third kappa shape index (κ3) is 2.53. The van der Waals surface area contributed by atoms with E-state index in [1.165, 1.54) is 5.57 Å². The first-order chi connectivity index (χ1) is 7.66. The van der Waals surface area contributed by atoms with Crippen molar-refractivity contribution in [2.75, 3.05) is 20.1 Å². The number of carbonyl (C=O) groups is 1. The van der Waals surface area contributed by atoms with E-state index in [1.807, 2.05) is 7.05 Å². The van der Waals surface area contributed by atoms with Gasteiger partial charge >= 0.3 is 5.97 Å². The van der Waals surface area contributed by atoms with Gasteiger partial charge in [0.15, 0.2) is 0 Å². The Kier molecular flexibility index (Phi) is 3.44. The Bertz CT molecular complexity index is 333. The predicted octanol–water partition coefficient (Wildman–Crippen LogP) is 1.92. The largest absolute Gasteiger partial charge is 0.481 e. The zero-order chi connectivity index (χ0) is 11.5. The maximum atomic E-state index is 11.1. The van der Waals surface area contributed by atoms with Crippen LogP contribution in [-0.4, -0.2) is 36.1 Å². The van der Waals surface area contributed by atoms with Crippen molar-refractivity contribution in [3.8, 4) is 0 Å². The number of aliphatic carboxylic acids is 1. The van der Waals surface area contributed by atoms with Crippen molar-refractivity contribution in [1.29, 1.82) is 0 Å². The first-order valence-corrected chi connectivity index (χ1v) is 5.93. The lowest BCUT2D eigenvalue weighted by Gasteiger charge is -2.16. The van der Waals surface area contributed by atoms with Crippen LogP contribution < -0.4 is 0 Å². The molecule has 1 N–H and O–H groups in total. The molecule has 0 saturated carbocycles. The van der Waals surface area contributed by atoms with Gasteiger partial charge in [0, 0.05) is 13.1 Å². The summed E-state index contributed by atoms with van der Waals surface area (Å²) in [4.78, 5) is 13.3. The standard InChI is InChI=1S/C13H19NO2/c1-14-8-11(12(9-14)13(15)16)7-10-5-3-2-4-6-10/h3,5-6,11-12H,2,4,7-9H2,1H3,(H,15,16). The van der Waals surface area contributed by atoms with Gasteiger partial charge in [-0.25, -0.2) is 0 Å². The minimum atomic E-state index is -0.644. The molecule has 1 heterocycles. The Morgan fingerprint density at radius 3 is 2.94 bits per heavy atom. The molecule has 0 amide bonds. The second kappa shape index (κ2) is 4.83. The molecule has 0 aromatic heterocycles. The SMILES string of the molecule is CN1CC(CC2=CCCC=C2)C(C(=O)O)C1. The van der Waals surface area contributed by atoms with Crippen LogP contribution >= 0.6 is 0 Å². The second-order valence-electron chi connectivity index (χ2n) is 4.89. The fourth-order valence-electron chi connectivity index (χ4n) is 2.70. The Balaban J connectivity index is 2.00. The Morgan fingerprint density at radius 1 is 1.50 bits per heavy atom. The fourth-order valence-corrected chi connectivity index (χ4v) is 2.70. The molecule has 1 fully saturated rings. The number of carboxylic acids is 1. The van der Waals surface area contributed by atoms with Gasteiger partial charge in [-0.1, -0.05) is 23.8 Å². The first kappa shape index (κ1) is 11.4. The Hall–Kier alpha value is -1.09. The summed E-state index contributed by atoms with van der Waals surface area (Å²) in [6, 6.07) is 0. The summed E-state index contributed by atoms with van der Waals surface area (Å²) in [5.74, 6) is -0.563. The summed E-state index contributed by atoms with van der Waals surface area (Å²) in [5, 5.41) is 9.17. The molecule has 1 aliphatic carbocycles. The van der Waals surface area contributed by atoms with E-state index in [0.29, 0.717) is 6.54 Å². The maximum Gasteiger partial charge on any atom is 0.308 e. The summed E-state index contributed by atoms with van der Waals surface area (Å²) in [6.07, 6.45) is 9.72. The molecule has 0 radical (unpaired) electrons. The molecular formula is C13H19NO2. The van der Waals surface area contributed by atoms with E-state index in [-0.39, 0.29) is 11.8 Å². The summed E-state index contributed by atoms with van der Waals surface area (Å²) in [7, 11) is 2.00. The van der Waals surface area contributed by atoms with E-state index in [4.69, 9.17) is 5.11 Å². The number of allylic oxidation sites excluding steroid dienone is 4. The highest BCUT2D eigenvalue weighted by Gasteiger charge is 2.35. The molecule has 1 saturated heterocycles. The molecule has 2 atom stereocenters. The van der Waals surface area contributed by atoms with Gasteiger partial charge in [0.1, 0.15) is 0 Å². The van der Waals surface area contributed by atoms with E-state index in [2.05, 4.69) is 23.1 Å². The van der Waals surface area contributed by atoms with Crippen LogP contribution in [-0.2, 0) is 4.79 Å². The number of likely N-dealkylation sites (tertiary alicyclic amines) is 1. The molecule has 0 bridgehead atoms. The van der Waals surface area contributed by atoms with Crippen LogP contribution in [0.4, 0.5) is 0 Å². The Labute approximate surface area is 96.4 Å². The topological polar surface area (TPSA) is 40.5 Å². The highest BCUT2D eigenvalue weighted by Crippen LogP contribution is 2.29. The fraction of sp³-hybridized carbons (Fsp3) is 0.615. The minimum absolute atomic E-state index is 0.193. The molecule has 2 aliphatic rings. The van der Waals surface area contributed by atoms with Gasteiger partial charge in [-0.2, -0.15) is 0 Å². The van der Waals surface area contributed by atoms with Crippen molar-refractivity contribution in [2.45, 2.75) is 19.3 Å². The van der Waals surface area contributed by atoms with Gasteiger partial charge in [0.25, 0.3) is 0 Å². The quantitative estimate of drug-likeness (QED) is 0.791. The van der Waals surface area contributed by atoms with Gasteiger partial charge in [-0.3, -0.25) is 4.79 Å². The highest BCUT2D eigenvalue weighted by molar-refractivity contribution is 5.71. The van der Waals surface area contributed by atoms with Crippen molar-refractivity contribution in [2.24, 2.45) is 11.8 Å². The maximum absolute atomic E-state index is 11.1. The molecule has 3 nitrogen and oxygen atoms in total. The van der Waals surface area contributed by atoms with Crippen LogP contribution in [0.1, 0.15) is 19.3 Å². The van der Waals surface area contributed by atoms with Gasteiger partial charge in [-0.15, -0.1) is 0 Å². The Morgan fingerprint density at radius 2 is 2.31 bits per heavy atom. The monoisotopic (exact) mass is 221 g/mol. The smallest absolute Gasteiger partial charge is 0.308 e. The van der Waals surface area contributed by atoms with Crippen LogP contribution in [0.3, 0.4) is 0 Å². The number of rotatable bonds is 3. The normalized spacial score (nSPS) is 30.4. The van der Waals surface area contributed by atoms with Crippen molar-refractivity contribution in [1.82, 2.24) is 4.90 Å². The van der Waals surface area contributed by atoms with Crippen molar-refractivity contribution in [3.63, 3.8) is 0 Å². The third-order valence-electron chi connectivity index (χ3n) is 3.51. The lowest BCUT2D eigenvalue weighted by molar-refractivity contribution is -0.142. The summed E-state index contributed by atoms with van der Waals surface area (Å²) >= 11 is 0. The first-order valence-electron chi connectivity index (χ1n) is 5.93. The van der Waals surface area contributed by atoms with E-state index < -0.39 is 5.97 Å². The molecule has 88 valence electrons. The third-order valence-corrected chi connectivity index (χ3v) is 3.51. The van der Waals surface area contributed by atoms with Crippen molar-refractivity contribution >= 4 is 5.97 Å². The lowest BCUT2D eigenvalue weighted by atomic mass is 9.88. The van der Waals surface area contributed by atoms with Crippen LogP contribution in [0.25, 0.3) is 0 Å². The molecule has 2 unspecified atom stereocenters. The van der Waals surface area contributed by atoms with Crippen molar-refractivity contribution in [3.05, 3.63) is 23.8 Å². The summed E-state index contributed by atoms with van der Waals surface area (Å²) in [5.41, 5.74) is 1.32.